The van der Waals surface area contributed by atoms with Crippen LogP contribution in [-0.4, -0.2) is 31.0 Å². The van der Waals surface area contributed by atoms with Crippen LogP contribution in [0.5, 0.6) is 5.75 Å². The van der Waals surface area contributed by atoms with E-state index in [4.69, 9.17) is 4.74 Å². The number of ether oxygens (including phenoxy) is 1. The average molecular weight is 338 g/mol. The first-order valence-electron chi connectivity index (χ1n) is 8.97. The number of hydrogen-bond acceptors (Lipinski definition) is 3. The minimum atomic E-state index is -0.0694. The second-order valence-electron chi connectivity index (χ2n) is 6.56. The molecule has 0 aromatic heterocycles. The molecule has 4 heteroatoms. The van der Waals surface area contributed by atoms with Crippen LogP contribution in [0.2, 0.25) is 0 Å². The van der Waals surface area contributed by atoms with Crippen molar-refractivity contribution >= 4 is 5.91 Å². The van der Waals surface area contributed by atoms with Crippen LogP contribution in [0, 0.1) is 0 Å². The van der Waals surface area contributed by atoms with Crippen molar-refractivity contribution in [2.75, 3.05) is 20.2 Å². The van der Waals surface area contributed by atoms with Gasteiger partial charge in [0.25, 0.3) is 5.91 Å². The quantitative estimate of drug-likeness (QED) is 0.875. The molecule has 4 nitrogen and oxygen atoms in total. The smallest absolute Gasteiger partial charge is 0.251 e. The molecule has 0 saturated carbocycles. The largest absolute Gasteiger partial charge is 0.497 e. The number of nitrogens with zero attached hydrogens (tertiary/aromatic N) is 1. The Bertz CT molecular complexity index is 674. The molecular formula is C21H26N2O2. The molecule has 0 bridgehead atoms. The van der Waals surface area contributed by atoms with E-state index in [-0.39, 0.29) is 5.91 Å². The van der Waals surface area contributed by atoms with Gasteiger partial charge in [-0.3, -0.25) is 9.69 Å². The van der Waals surface area contributed by atoms with Gasteiger partial charge < -0.3 is 10.1 Å². The molecular weight excluding hydrogens is 312 g/mol. The lowest BCUT2D eigenvalue weighted by Crippen LogP contribution is -2.29. The zero-order valence-corrected chi connectivity index (χ0v) is 14.8. The van der Waals surface area contributed by atoms with E-state index < -0.39 is 0 Å². The van der Waals surface area contributed by atoms with E-state index in [0.29, 0.717) is 12.1 Å². The standard InChI is InChI=1S/C21H26N2O2/c1-25-20-11-9-19(10-12-20)21(24)22-15-17-5-7-18(8-6-17)16-23-13-3-2-4-14-23/h5-12H,2-4,13-16H2,1H3,(H,22,24). The Morgan fingerprint density at radius 2 is 1.60 bits per heavy atom. The van der Waals surface area contributed by atoms with E-state index in [2.05, 4.69) is 34.5 Å². The summed E-state index contributed by atoms with van der Waals surface area (Å²) in [5, 5.41) is 2.96. The Hall–Kier alpha value is -2.33. The van der Waals surface area contributed by atoms with E-state index in [1.54, 1.807) is 31.4 Å². The first-order valence-corrected chi connectivity index (χ1v) is 8.97. The van der Waals surface area contributed by atoms with E-state index in [1.165, 1.54) is 37.9 Å². The molecule has 1 fully saturated rings. The summed E-state index contributed by atoms with van der Waals surface area (Å²) < 4.78 is 5.11. The third-order valence-corrected chi connectivity index (χ3v) is 4.68. The Morgan fingerprint density at radius 3 is 2.24 bits per heavy atom. The minimum Gasteiger partial charge on any atom is -0.497 e. The fraction of sp³-hybridized carbons (Fsp3) is 0.381. The molecule has 2 aromatic carbocycles. The van der Waals surface area contributed by atoms with Gasteiger partial charge in [0.05, 0.1) is 7.11 Å². The number of carbonyl (C=O) groups excluding carboxylic acids is 1. The van der Waals surface area contributed by atoms with Crippen molar-refractivity contribution in [2.24, 2.45) is 0 Å². The number of likely N-dealkylation sites (tertiary alicyclic amines) is 1. The summed E-state index contributed by atoms with van der Waals surface area (Å²) in [6.07, 6.45) is 3.99. The summed E-state index contributed by atoms with van der Waals surface area (Å²) in [6.45, 7) is 3.98. The van der Waals surface area contributed by atoms with Crippen molar-refractivity contribution in [2.45, 2.75) is 32.4 Å². The van der Waals surface area contributed by atoms with Crippen molar-refractivity contribution < 1.29 is 9.53 Å². The van der Waals surface area contributed by atoms with Crippen LogP contribution in [0.4, 0.5) is 0 Å². The molecule has 132 valence electrons. The van der Waals surface area contributed by atoms with Gasteiger partial charge in [-0.2, -0.15) is 0 Å². The van der Waals surface area contributed by atoms with Gasteiger partial charge in [0.1, 0.15) is 5.75 Å². The topological polar surface area (TPSA) is 41.6 Å². The lowest BCUT2D eigenvalue weighted by atomic mass is 10.1. The van der Waals surface area contributed by atoms with Gasteiger partial charge in [-0.25, -0.2) is 0 Å². The van der Waals surface area contributed by atoms with Crippen LogP contribution < -0.4 is 10.1 Å². The van der Waals surface area contributed by atoms with Crippen molar-refractivity contribution in [1.82, 2.24) is 10.2 Å². The first-order chi connectivity index (χ1) is 12.2. The molecule has 1 N–H and O–H groups in total. The summed E-state index contributed by atoms with van der Waals surface area (Å²) in [5.74, 6) is 0.681. The van der Waals surface area contributed by atoms with Crippen LogP contribution in [-0.2, 0) is 13.1 Å². The van der Waals surface area contributed by atoms with Gasteiger partial charge in [0.2, 0.25) is 0 Å². The van der Waals surface area contributed by atoms with Crippen molar-refractivity contribution in [1.29, 1.82) is 0 Å². The summed E-state index contributed by atoms with van der Waals surface area (Å²) in [7, 11) is 1.62. The molecule has 1 aliphatic heterocycles. The van der Waals surface area contributed by atoms with Crippen LogP contribution in [0.15, 0.2) is 48.5 Å². The Balaban J connectivity index is 1.49. The number of benzene rings is 2. The number of methoxy groups -OCH3 is 1. The minimum absolute atomic E-state index is 0.0694. The van der Waals surface area contributed by atoms with Gasteiger partial charge >= 0.3 is 0 Å². The SMILES string of the molecule is COc1ccc(C(=O)NCc2ccc(CN3CCCCC3)cc2)cc1. The third-order valence-electron chi connectivity index (χ3n) is 4.68. The maximum Gasteiger partial charge on any atom is 0.251 e. The van der Waals surface area contributed by atoms with Gasteiger partial charge in [-0.05, 0) is 61.3 Å². The lowest BCUT2D eigenvalue weighted by Gasteiger charge is -2.26. The number of nitrogens with one attached hydrogen (secondary N) is 1. The van der Waals surface area contributed by atoms with Crippen LogP contribution >= 0.6 is 0 Å². The van der Waals surface area contributed by atoms with E-state index >= 15 is 0 Å². The molecule has 0 unspecified atom stereocenters. The second-order valence-corrected chi connectivity index (χ2v) is 6.56. The molecule has 3 rings (SSSR count). The molecule has 0 spiro atoms. The van der Waals surface area contributed by atoms with Crippen LogP contribution in [0.1, 0.15) is 40.7 Å². The van der Waals surface area contributed by atoms with Gasteiger partial charge in [-0.1, -0.05) is 30.7 Å². The summed E-state index contributed by atoms with van der Waals surface area (Å²) in [6, 6.07) is 15.7. The predicted octanol–water partition coefficient (Wildman–Crippen LogP) is 3.61. The lowest BCUT2D eigenvalue weighted by molar-refractivity contribution is 0.0951. The molecule has 2 aromatic rings. The van der Waals surface area contributed by atoms with E-state index in [1.807, 2.05) is 0 Å². The summed E-state index contributed by atoms with van der Waals surface area (Å²) >= 11 is 0. The number of amides is 1. The molecule has 1 heterocycles. The zero-order valence-electron chi connectivity index (χ0n) is 14.8. The molecule has 0 aliphatic carbocycles. The highest BCUT2D eigenvalue weighted by atomic mass is 16.5. The third kappa shape index (κ3) is 5.07. The fourth-order valence-corrected chi connectivity index (χ4v) is 3.17. The zero-order chi connectivity index (χ0) is 17.5. The monoisotopic (exact) mass is 338 g/mol. The number of hydrogen-bond donors (Lipinski definition) is 1. The molecule has 0 atom stereocenters. The molecule has 0 radical (unpaired) electrons. The summed E-state index contributed by atoms with van der Waals surface area (Å²) in [5.41, 5.74) is 3.10. The van der Waals surface area contributed by atoms with Crippen molar-refractivity contribution in [3.63, 3.8) is 0 Å². The average Bonchev–Trinajstić information content (AvgIpc) is 2.68. The highest BCUT2D eigenvalue weighted by Gasteiger charge is 2.10. The van der Waals surface area contributed by atoms with Gasteiger partial charge in [0, 0.05) is 18.7 Å². The molecule has 25 heavy (non-hydrogen) atoms. The van der Waals surface area contributed by atoms with E-state index in [0.717, 1.165) is 17.9 Å². The highest BCUT2D eigenvalue weighted by molar-refractivity contribution is 5.94. The Kier molecular flexibility index (Phi) is 6.07. The summed E-state index contributed by atoms with van der Waals surface area (Å²) in [4.78, 5) is 14.7. The fourth-order valence-electron chi connectivity index (χ4n) is 3.17. The molecule has 1 aliphatic rings. The maximum atomic E-state index is 12.2. The maximum absolute atomic E-state index is 12.2. The first kappa shape index (κ1) is 17.5. The van der Waals surface area contributed by atoms with Crippen LogP contribution in [0.25, 0.3) is 0 Å². The van der Waals surface area contributed by atoms with Gasteiger partial charge in [-0.15, -0.1) is 0 Å². The number of piperidine rings is 1. The van der Waals surface area contributed by atoms with Crippen LogP contribution in [0.3, 0.4) is 0 Å². The Labute approximate surface area is 149 Å². The normalized spacial score (nSPS) is 14.9. The molecule has 1 amide bonds. The number of rotatable bonds is 6. The highest BCUT2D eigenvalue weighted by Crippen LogP contribution is 2.14. The molecule has 1 saturated heterocycles. The Morgan fingerprint density at radius 1 is 0.960 bits per heavy atom. The number of carbonyl (C=O) groups is 1. The van der Waals surface area contributed by atoms with E-state index in [9.17, 15) is 4.79 Å². The predicted molar refractivity (Wildman–Crippen MR) is 99.7 cm³/mol. The van der Waals surface area contributed by atoms with Crippen molar-refractivity contribution in [3.8, 4) is 5.75 Å². The second kappa shape index (κ2) is 8.67. The van der Waals surface area contributed by atoms with Gasteiger partial charge in [0.15, 0.2) is 0 Å². The van der Waals surface area contributed by atoms with Crippen molar-refractivity contribution in [3.05, 3.63) is 65.2 Å².